The van der Waals surface area contributed by atoms with Gasteiger partial charge in [0.25, 0.3) is 5.91 Å². The second kappa shape index (κ2) is 6.15. The van der Waals surface area contributed by atoms with Crippen molar-refractivity contribution >= 4 is 11.8 Å². The summed E-state index contributed by atoms with van der Waals surface area (Å²) in [6, 6.07) is -0.0470. The maximum atomic E-state index is 12.4. The van der Waals surface area contributed by atoms with E-state index in [-0.39, 0.29) is 24.3 Å². The Labute approximate surface area is 107 Å². The van der Waals surface area contributed by atoms with Crippen molar-refractivity contribution in [3.05, 3.63) is 0 Å². The van der Waals surface area contributed by atoms with Crippen molar-refractivity contribution in [2.24, 2.45) is 5.73 Å². The third kappa shape index (κ3) is 3.20. The van der Waals surface area contributed by atoms with Crippen molar-refractivity contribution in [2.45, 2.75) is 37.8 Å². The molecule has 2 amide bonds. The van der Waals surface area contributed by atoms with Gasteiger partial charge >= 0.3 is 0 Å². The maximum absolute atomic E-state index is 12.4. The molecule has 6 nitrogen and oxygen atoms in total. The van der Waals surface area contributed by atoms with Gasteiger partial charge in [-0.1, -0.05) is 0 Å². The van der Waals surface area contributed by atoms with E-state index in [0.29, 0.717) is 19.7 Å². The number of nitrogens with zero attached hydrogens (tertiary/aromatic N) is 1. The molecule has 2 fully saturated rings. The van der Waals surface area contributed by atoms with Gasteiger partial charge in [0.15, 0.2) is 0 Å². The van der Waals surface area contributed by atoms with Crippen LogP contribution in [-0.4, -0.2) is 55.1 Å². The summed E-state index contributed by atoms with van der Waals surface area (Å²) in [6.45, 7) is 2.61. The van der Waals surface area contributed by atoms with Gasteiger partial charge < -0.3 is 20.7 Å². The number of carbonyl (C=O) groups excluding carboxylic acids is 2. The van der Waals surface area contributed by atoms with Gasteiger partial charge in [-0.25, -0.2) is 0 Å². The van der Waals surface area contributed by atoms with Crippen molar-refractivity contribution < 1.29 is 14.3 Å². The predicted octanol–water partition coefficient (Wildman–Crippen LogP) is -0.769. The van der Waals surface area contributed by atoms with E-state index in [2.05, 4.69) is 5.32 Å². The smallest absolute Gasteiger partial charge is 0.253 e. The van der Waals surface area contributed by atoms with E-state index < -0.39 is 6.10 Å². The van der Waals surface area contributed by atoms with E-state index in [1.54, 1.807) is 4.90 Å². The maximum Gasteiger partial charge on any atom is 0.253 e. The minimum atomic E-state index is -0.410. The molecule has 0 aliphatic carbocycles. The van der Waals surface area contributed by atoms with Crippen molar-refractivity contribution in [1.82, 2.24) is 10.2 Å². The molecule has 2 aliphatic rings. The Morgan fingerprint density at radius 3 is 2.89 bits per heavy atom. The summed E-state index contributed by atoms with van der Waals surface area (Å²) in [6.07, 6.45) is 2.74. The Morgan fingerprint density at radius 1 is 1.39 bits per heavy atom. The van der Waals surface area contributed by atoms with Gasteiger partial charge in [-0.05, 0) is 19.3 Å². The minimum absolute atomic E-state index is 0.00634. The molecule has 0 saturated carbocycles. The number of amides is 2. The second-order valence-corrected chi connectivity index (χ2v) is 4.92. The number of hydrogen-bond acceptors (Lipinski definition) is 4. The van der Waals surface area contributed by atoms with Crippen LogP contribution in [0.25, 0.3) is 0 Å². The molecule has 0 aromatic rings. The van der Waals surface area contributed by atoms with E-state index in [1.165, 1.54) is 0 Å². The zero-order valence-electron chi connectivity index (χ0n) is 10.6. The first-order chi connectivity index (χ1) is 8.68. The quantitative estimate of drug-likeness (QED) is 0.693. The lowest BCUT2D eigenvalue weighted by Gasteiger charge is -2.38. The van der Waals surface area contributed by atoms with Crippen LogP contribution in [0.5, 0.6) is 0 Å². The molecule has 102 valence electrons. The third-order valence-electron chi connectivity index (χ3n) is 3.55. The summed E-state index contributed by atoms with van der Waals surface area (Å²) >= 11 is 0. The van der Waals surface area contributed by atoms with Crippen LogP contribution in [0.1, 0.15) is 25.7 Å². The van der Waals surface area contributed by atoms with Crippen molar-refractivity contribution in [3.63, 3.8) is 0 Å². The fraction of sp³-hybridized carbons (Fsp3) is 0.833. The minimum Gasteiger partial charge on any atom is -0.370 e. The molecule has 0 spiro atoms. The lowest BCUT2D eigenvalue weighted by Crippen LogP contribution is -2.54. The van der Waals surface area contributed by atoms with Crippen LogP contribution in [0.2, 0.25) is 0 Å². The lowest BCUT2D eigenvalue weighted by atomic mass is 9.98. The fourth-order valence-corrected chi connectivity index (χ4v) is 2.64. The van der Waals surface area contributed by atoms with Gasteiger partial charge in [0.2, 0.25) is 5.91 Å². The van der Waals surface area contributed by atoms with Crippen LogP contribution in [0, 0.1) is 0 Å². The molecule has 3 N–H and O–H groups in total. The fourth-order valence-electron chi connectivity index (χ4n) is 2.64. The van der Waals surface area contributed by atoms with Crippen LogP contribution in [-0.2, 0) is 14.3 Å². The Bertz CT molecular complexity index is 316. The summed E-state index contributed by atoms with van der Waals surface area (Å²) in [5, 5.41) is 3.15. The van der Waals surface area contributed by atoms with Crippen molar-refractivity contribution in [2.75, 3.05) is 26.2 Å². The number of hydrogen-bond donors (Lipinski definition) is 2. The van der Waals surface area contributed by atoms with E-state index in [9.17, 15) is 9.59 Å². The highest BCUT2D eigenvalue weighted by molar-refractivity contribution is 5.83. The highest BCUT2D eigenvalue weighted by Crippen LogP contribution is 2.21. The van der Waals surface area contributed by atoms with Crippen LogP contribution >= 0.6 is 0 Å². The molecule has 2 heterocycles. The summed E-state index contributed by atoms with van der Waals surface area (Å²) < 4.78 is 5.48. The summed E-state index contributed by atoms with van der Waals surface area (Å²) in [7, 11) is 0. The second-order valence-electron chi connectivity index (χ2n) is 4.92. The molecular weight excluding hydrogens is 234 g/mol. The van der Waals surface area contributed by atoms with E-state index in [0.717, 1.165) is 25.8 Å². The van der Waals surface area contributed by atoms with E-state index >= 15 is 0 Å². The van der Waals surface area contributed by atoms with Crippen LogP contribution in [0.3, 0.4) is 0 Å². The molecule has 2 atom stereocenters. The number of primary amides is 1. The summed E-state index contributed by atoms with van der Waals surface area (Å²) in [5.74, 6) is -0.351. The monoisotopic (exact) mass is 255 g/mol. The van der Waals surface area contributed by atoms with Gasteiger partial charge in [-0.15, -0.1) is 0 Å². The molecule has 0 radical (unpaired) electrons. The SMILES string of the molecule is NC(=O)CC1CCCCN1C(=O)C1CNCCO1. The van der Waals surface area contributed by atoms with E-state index in [1.807, 2.05) is 0 Å². The van der Waals surface area contributed by atoms with Crippen molar-refractivity contribution in [1.29, 1.82) is 0 Å². The lowest BCUT2D eigenvalue weighted by molar-refractivity contribution is -0.149. The van der Waals surface area contributed by atoms with Crippen LogP contribution < -0.4 is 11.1 Å². The van der Waals surface area contributed by atoms with Crippen molar-refractivity contribution in [3.8, 4) is 0 Å². The number of ether oxygens (including phenoxy) is 1. The number of morpholine rings is 1. The highest BCUT2D eigenvalue weighted by atomic mass is 16.5. The molecule has 2 rings (SSSR count). The molecule has 0 aromatic heterocycles. The first-order valence-corrected chi connectivity index (χ1v) is 6.59. The van der Waals surface area contributed by atoms with E-state index in [4.69, 9.17) is 10.5 Å². The molecule has 2 unspecified atom stereocenters. The number of nitrogens with one attached hydrogen (secondary N) is 1. The number of nitrogens with two attached hydrogens (primary N) is 1. The molecule has 0 aromatic carbocycles. The van der Waals surface area contributed by atoms with Gasteiger partial charge in [0.05, 0.1) is 6.61 Å². The Morgan fingerprint density at radius 2 is 2.22 bits per heavy atom. The summed E-state index contributed by atoms with van der Waals surface area (Å²) in [4.78, 5) is 25.2. The molecule has 0 bridgehead atoms. The third-order valence-corrected chi connectivity index (χ3v) is 3.55. The van der Waals surface area contributed by atoms with Gasteiger partial charge in [0, 0.05) is 32.1 Å². The first-order valence-electron chi connectivity index (χ1n) is 6.59. The highest BCUT2D eigenvalue weighted by Gasteiger charge is 2.33. The molecular formula is C12H21N3O3. The largest absolute Gasteiger partial charge is 0.370 e. The zero-order valence-corrected chi connectivity index (χ0v) is 10.6. The predicted molar refractivity (Wildman–Crippen MR) is 65.8 cm³/mol. The average Bonchev–Trinajstić information content (AvgIpc) is 2.39. The summed E-state index contributed by atoms with van der Waals surface area (Å²) in [5.41, 5.74) is 5.24. The van der Waals surface area contributed by atoms with Crippen LogP contribution in [0.4, 0.5) is 0 Å². The van der Waals surface area contributed by atoms with Crippen LogP contribution in [0.15, 0.2) is 0 Å². The Kier molecular flexibility index (Phi) is 4.54. The normalized spacial score (nSPS) is 29.0. The Hall–Kier alpha value is -1.14. The number of rotatable bonds is 3. The zero-order chi connectivity index (χ0) is 13.0. The van der Waals surface area contributed by atoms with Gasteiger partial charge in [0.1, 0.15) is 6.10 Å². The topological polar surface area (TPSA) is 84.7 Å². The molecule has 2 aliphatic heterocycles. The standard InChI is InChI=1S/C12H21N3O3/c13-11(16)7-9-3-1-2-5-15(9)12(17)10-8-14-4-6-18-10/h9-10,14H,1-8H2,(H2,13,16). The van der Waals surface area contributed by atoms with Gasteiger partial charge in [-0.3, -0.25) is 9.59 Å². The molecule has 2 saturated heterocycles. The number of piperidine rings is 1. The molecule has 18 heavy (non-hydrogen) atoms. The van der Waals surface area contributed by atoms with Gasteiger partial charge in [-0.2, -0.15) is 0 Å². The first kappa shape index (κ1) is 13.3. The average molecular weight is 255 g/mol. The number of carbonyl (C=O) groups is 2. The molecule has 6 heteroatoms. The number of likely N-dealkylation sites (tertiary alicyclic amines) is 1. The Balaban J connectivity index is 1.98.